The first kappa shape index (κ1) is 17.0. The van der Waals surface area contributed by atoms with Crippen LogP contribution in [0.15, 0.2) is 67.9 Å². The van der Waals surface area contributed by atoms with Gasteiger partial charge >= 0.3 is 0 Å². The molecule has 25 heavy (non-hydrogen) atoms. The lowest BCUT2D eigenvalue weighted by Gasteiger charge is -2.07. The van der Waals surface area contributed by atoms with Crippen LogP contribution in [0, 0.1) is 5.92 Å². The zero-order chi connectivity index (χ0) is 17.8. The van der Waals surface area contributed by atoms with Gasteiger partial charge in [0.15, 0.2) is 0 Å². The van der Waals surface area contributed by atoms with Gasteiger partial charge in [0.1, 0.15) is 0 Å². The number of carbonyl (C=O) groups excluding carboxylic acids is 1. The van der Waals surface area contributed by atoms with Crippen molar-refractivity contribution in [1.29, 1.82) is 0 Å². The molecule has 3 aromatic rings. The third kappa shape index (κ3) is 3.36. The summed E-state index contributed by atoms with van der Waals surface area (Å²) in [6.07, 6.45) is 5.25. The molecule has 2 aromatic carbocycles. The molecule has 1 saturated heterocycles. The summed E-state index contributed by atoms with van der Waals surface area (Å²) in [6.45, 7) is 10.1. The number of H-pyrrole nitrogens is 1. The number of rotatable bonds is 3. The van der Waals surface area contributed by atoms with E-state index in [4.69, 9.17) is 0 Å². The van der Waals surface area contributed by atoms with Gasteiger partial charge in [-0.3, -0.25) is 4.79 Å². The minimum Gasteiger partial charge on any atom is -0.355 e. The van der Waals surface area contributed by atoms with Crippen molar-refractivity contribution in [2.45, 2.75) is 19.8 Å². The quantitative estimate of drug-likeness (QED) is 0.670. The van der Waals surface area contributed by atoms with Crippen LogP contribution in [0.4, 0.5) is 0 Å². The Hall–Kier alpha value is -2.81. The maximum atomic E-state index is 11.2. The Balaban J connectivity index is 0.000000160. The summed E-state index contributed by atoms with van der Waals surface area (Å²) in [5.74, 6) is 0.156. The molecule has 3 heteroatoms. The maximum absolute atomic E-state index is 11.2. The number of carbonyl (C=O) groups is 1. The summed E-state index contributed by atoms with van der Waals surface area (Å²) in [5, 5.41) is 2.64. The first-order valence-electron chi connectivity index (χ1n) is 8.72. The van der Waals surface area contributed by atoms with Crippen LogP contribution in [-0.2, 0) is 11.2 Å². The number of benzene rings is 2. The Bertz CT molecular complexity index is 904. The topological polar surface area (TPSA) is 36.1 Å². The van der Waals surface area contributed by atoms with Crippen molar-refractivity contribution in [3.8, 4) is 0 Å². The molecule has 1 unspecified atom stereocenters. The summed E-state index contributed by atoms with van der Waals surface area (Å²) < 4.78 is 0. The summed E-state index contributed by atoms with van der Waals surface area (Å²) in [4.78, 5) is 16.2. The van der Waals surface area contributed by atoms with Gasteiger partial charge in [-0.2, -0.15) is 0 Å². The molecule has 0 aliphatic carbocycles. The molecule has 1 fully saturated rings. The number of likely N-dealkylation sites (tertiary alicyclic amines) is 1. The number of aromatic nitrogens is 1. The standard InChI is InChI=1S/C14H13N.C8H11NO/c1-2-10-7-8-12-11-5-3-4-6-13(11)15-14(12)9-10;1-3-7-5-6-9(4-2)8(7)10/h3-9,15H,2H2,1H3;3-4,7H,1-2,5-6H2. The predicted molar refractivity (Wildman–Crippen MR) is 105 cm³/mol. The fourth-order valence-corrected chi connectivity index (χ4v) is 3.25. The van der Waals surface area contributed by atoms with Gasteiger partial charge in [-0.05, 0) is 36.7 Å². The molecule has 1 atom stereocenters. The molecule has 1 aliphatic rings. The van der Waals surface area contributed by atoms with Crippen LogP contribution in [0.5, 0.6) is 0 Å². The van der Waals surface area contributed by atoms with Crippen LogP contribution in [0.25, 0.3) is 21.8 Å². The van der Waals surface area contributed by atoms with Crippen molar-refractivity contribution in [2.24, 2.45) is 5.92 Å². The molecule has 0 saturated carbocycles. The lowest BCUT2D eigenvalue weighted by molar-refractivity contribution is -0.127. The van der Waals surface area contributed by atoms with Gasteiger partial charge in [0.05, 0.1) is 5.92 Å². The highest BCUT2D eigenvalue weighted by Gasteiger charge is 2.26. The number of nitrogens with one attached hydrogen (secondary N) is 1. The average molecular weight is 332 g/mol. The number of aromatic amines is 1. The Kier molecular flexibility index (Phi) is 5.03. The minimum atomic E-state index is 0.0259. The second kappa shape index (κ2) is 7.39. The number of hydrogen-bond donors (Lipinski definition) is 1. The molecule has 1 aromatic heterocycles. The predicted octanol–water partition coefficient (Wildman–Crippen LogP) is 5.05. The van der Waals surface area contributed by atoms with Crippen LogP contribution < -0.4 is 0 Å². The molecular weight excluding hydrogens is 308 g/mol. The van der Waals surface area contributed by atoms with Crippen molar-refractivity contribution in [3.63, 3.8) is 0 Å². The van der Waals surface area contributed by atoms with E-state index in [0.717, 1.165) is 19.4 Å². The monoisotopic (exact) mass is 332 g/mol. The zero-order valence-corrected chi connectivity index (χ0v) is 14.7. The van der Waals surface area contributed by atoms with Crippen molar-refractivity contribution in [2.75, 3.05) is 6.54 Å². The SMILES string of the molecule is C=CC1CCN(C=C)C1=O.CCc1ccc2c(c1)[nH]c1ccccc12. The molecule has 0 spiro atoms. The minimum absolute atomic E-state index is 0.0259. The maximum Gasteiger partial charge on any atom is 0.233 e. The molecule has 1 aliphatic heterocycles. The third-order valence-corrected chi connectivity index (χ3v) is 4.76. The van der Waals surface area contributed by atoms with Crippen molar-refractivity contribution >= 4 is 27.7 Å². The molecule has 0 radical (unpaired) electrons. The van der Waals surface area contributed by atoms with Crippen molar-refractivity contribution < 1.29 is 4.79 Å². The number of amides is 1. The summed E-state index contributed by atoms with van der Waals surface area (Å²) >= 11 is 0. The molecule has 3 nitrogen and oxygen atoms in total. The van der Waals surface area contributed by atoms with E-state index in [1.54, 1.807) is 17.2 Å². The zero-order valence-electron chi connectivity index (χ0n) is 14.7. The fourth-order valence-electron chi connectivity index (χ4n) is 3.25. The second-order valence-corrected chi connectivity index (χ2v) is 6.25. The first-order chi connectivity index (χ1) is 12.2. The Morgan fingerprint density at radius 2 is 1.92 bits per heavy atom. The lowest BCUT2D eigenvalue weighted by atomic mass is 10.1. The Morgan fingerprint density at radius 3 is 2.56 bits per heavy atom. The molecule has 128 valence electrons. The summed E-state index contributed by atoms with van der Waals surface area (Å²) in [7, 11) is 0. The lowest BCUT2D eigenvalue weighted by Crippen LogP contribution is -2.20. The number of fused-ring (bicyclic) bond motifs is 3. The molecular formula is C22H24N2O. The average Bonchev–Trinajstić information content (AvgIpc) is 3.21. The molecule has 0 bridgehead atoms. The van der Waals surface area contributed by atoms with Crippen molar-refractivity contribution in [3.05, 3.63) is 73.5 Å². The number of aryl methyl sites for hydroxylation is 1. The highest BCUT2D eigenvalue weighted by atomic mass is 16.2. The number of hydrogen-bond acceptors (Lipinski definition) is 1. The Labute approximate surface area is 148 Å². The van der Waals surface area contributed by atoms with Gasteiger partial charge in [0.2, 0.25) is 5.91 Å². The Morgan fingerprint density at radius 1 is 1.16 bits per heavy atom. The molecule has 1 amide bonds. The normalized spacial score (nSPS) is 16.8. The van der Waals surface area contributed by atoms with E-state index in [1.807, 2.05) is 0 Å². The van der Waals surface area contributed by atoms with Gasteiger partial charge < -0.3 is 9.88 Å². The van der Waals surface area contributed by atoms with Crippen LogP contribution in [0.1, 0.15) is 18.9 Å². The van der Waals surface area contributed by atoms with E-state index < -0.39 is 0 Å². The van der Waals surface area contributed by atoms with E-state index in [0.29, 0.717) is 0 Å². The largest absolute Gasteiger partial charge is 0.355 e. The molecule has 2 heterocycles. The van der Waals surface area contributed by atoms with Gasteiger partial charge in [-0.25, -0.2) is 0 Å². The third-order valence-electron chi connectivity index (χ3n) is 4.76. The van der Waals surface area contributed by atoms with Gasteiger partial charge in [-0.1, -0.05) is 49.9 Å². The first-order valence-corrected chi connectivity index (χ1v) is 8.72. The van der Waals surface area contributed by atoms with E-state index >= 15 is 0 Å². The van der Waals surface area contributed by atoms with Gasteiger partial charge in [0, 0.05) is 28.4 Å². The summed E-state index contributed by atoms with van der Waals surface area (Å²) in [6, 6.07) is 15.1. The fraction of sp³-hybridized carbons (Fsp3) is 0.227. The van der Waals surface area contributed by atoms with Crippen LogP contribution >= 0.6 is 0 Å². The van der Waals surface area contributed by atoms with Gasteiger partial charge in [0.25, 0.3) is 0 Å². The second-order valence-electron chi connectivity index (χ2n) is 6.25. The van der Waals surface area contributed by atoms with E-state index in [2.05, 4.69) is 67.5 Å². The van der Waals surface area contributed by atoms with E-state index in [9.17, 15) is 4.79 Å². The van der Waals surface area contributed by atoms with Crippen LogP contribution in [-0.4, -0.2) is 22.3 Å². The number of nitrogens with zero attached hydrogens (tertiary/aromatic N) is 1. The highest BCUT2D eigenvalue weighted by Crippen LogP contribution is 2.25. The number of para-hydroxylation sites is 1. The van der Waals surface area contributed by atoms with Gasteiger partial charge in [-0.15, -0.1) is 6.58 Å². The van der Waals surface area contributed by atoms with E-state index in [1.165, 1.54) is 27.4 Å². The van der Waals surface area contributed by atoms with Crippen LogP contribution in [0.2, 0.25) is 0 Å². The molecule has 4 rings (SSSR count). The van der Waals surface area contributed by atoms with Crippen molar-refractivity contribution in [1.82, 2.24) is 9.88 Å². The smallest absolute Gasteiger partial charge is 0.233 e. The van der Waals surface area contributed by atoms with E-state index in [-0.39, 0.29) is 11.8 Å². The highest BCUT2D eigenvalue weighted by molar-refractivity contribution is 6.07. The van der Waals surface area contributed by atoms with Crippen LogP contribution in [0.3, 0.4) is 0 Å². The molecule has 1 N–H and O–H groups in total. The summed E-state index contributed by atoms with van der Waals surface area (Å²) in [5.41, 5.74) is 3.85.